The number of nitrogens with zero attached hydrogens (tertiary/aromatic N) is 7. The number of benzene rings is 2. The van der Waals surface area contributed by atoms with Gasteiger partial charge in [0.2, 0.25) is 0 Å². The molecule has 1 amide bonds. The third kappa shape index (κ3) is 5.03. The van der Waals surface area contributed by atoms with Crippen LogP contribution >= 0.6 is 34.8 Å². The van der Waals surface area contributed by atoms with Crippen LogP contribution in [0.15, 0.2) is 36.8 Å². The smallest absolute Gasteiger partial charge is 0.254 e. The quantitative estimate of drug-likeness (QED) is 0.254. The van der Waals surface area contributed by atoms with E-state index in [0.29, 0.717) is 44.8 Å². The van der Waals surface area contributed by atoms with Gasteiger partial charge in [-0.1, -0.05) is 40.0 Å². The summed E-state index contributed by atoms with van der Waals surface area (Å²) in [6, 6.07) is 5.93. The average molecular weight is 577 g/mol. The number of fused-ring (bicyclic) bond motifs is 1. The van der Waals surface area contributed by atoms with Crippen molar-refractivity contribution in [2.24, 2.45) is 0 Å². The molecule has 3 aromatic heterocycles. The van der Waals surface area contributed by atoms with Crippen molar-refractivity contribution in [1.29, 1.82) is 0 Å². The number of methoxy groups -OCH3 is 1. The molecule has 0 spiro atoms. The van der Waals surface area contributed by atoms with Crippen LogP contribution in [-0.2, 0) is 6.61 Å². The highest BCUT2D eigenvalue weighted by atomic mass is 35.5. The van der Waals surface area contributed by atoms with Crippen molar-refractivity contribution in [2.45, 2.75) is 19.6 Å². The number of ether oxygens (including phenoxy) is 1. The van der Waals surface area contributed by atoms with Crippen LogP contribution in [0.25, 0.3) is 16.7 Å². The first kappa shape index (κ1) is 25.9. The molecule has 1 unspecified atom stereocenters. The third-order valence-corrected chi connectivity index (χ3v) is 6.60. The first-order valence-corrected chi connectivity index (χ1v) is 12.3. The molecule has 0 aliphatic rings. The minimum atomic E-state index is -0.626. The lowest BCUT2D eigenvalue weighted by molar-refractivity contribution is 0.0949. The van der Waals surface area contributed by atoms with Crippen molar-refractivity contribution in [3.63, 3.8) is 0 Å². The molecule has 38 heavy (non-hydrogen) atoms. The number of aryl methyl sites for hydroxylation is 1. The molecule has 0 radical (unpaired) electrons. The highest BCUT2D eigenvalue weighted by molar-refractivity contribution is 6.40. The van der Waals surface area contributed by atoms with Crippen molar-refractivity contribution in [2.75, 3.05) is 13.7 Å². The normalized spacial score (nSPS) is 12.2. The van der Waals surface area contributed by atoms with Gasteiger partial charge >= 0.3 is 0 Å². The molecular weight excluding hydrogens is 557 g/mol. The number of H-pyrrole nitrogens is 1. The van der Waals surface area contributed by atoms with Gasteiger partial charge in [0.05, 0.1) is 57.3 Å². The third-order valence-electron chi connectivity index (χ3n) is 5.71. The molecule has 3 N–H and O–H groups in total. The highest BCUT2D eigenvalue weighted by Gasteiger charge is 2.24. The zero-order chi connectivity index (χ0) is 27.0. The summed E-state index contributed by atoms with van der Waals surface area (Å²) in [5.74, 6) is 1.01. The first-order chi connectivity index (χ1) is 18.3. The van der Waals surface area contributed by atoms with E-state index in [1.807, 2.05) is 0 Å². The molecule has 0 aliphatic heterocycles. The number of aliphatic hydroxyl groups excluding tert-OH is 1. The average Bonchev–Trinajstić information content (AvgIpc) is 3.63. The minimum Gasteiger partial charge on any atom is -0.495 e. The number of aromatic amines is 1. The molecule has 3 heterocycles. The van der Waals surface area contributed by atoms with E-state index in [4.69, 9.17) is 39.5 Å². The number of hydrogen-bond acceptors (Lipinski definition) is 8. The second-order valence-corrected chi connectivity index (χ2v) is 9.44. The molecule has 12 nitrogen and oxygen atoms in total. The van der Waals surface area contributed by atoms with Crippen LogP contribution in [0.3, 0.4) is 0 Å². The van der Waals surface area contributed by atoms with Crippen molar-refractivity contribution < 1.29 is 14.6 Å². The molecule has 0 bridgehead atoms. The van der Waals surface area contributed by atoms with E-state index in [9.17, 15) is 9.90 Å². The Bertz CT molecular complexity index is 1620. The molecule has 15 heteroatoms. The second kappa shape index (κ2) is 10.6. The van der Waals surface area contributed by atoms with Gasteiger partial charge in [-0.25, -0.2) is 19.3 Å². The van der Waals surface area contributed by atoms with Gasteiger partial charge in [-0.15, -0.1) is 5.10 Å². The predicted octanol–water partition coefficient (Wildman–Crippen LogP) is 3.52. The van der Waals surface area contributed by atoms with Crippen LogP contribution in [0.1, 0.15) is 33.7 Å². The fourth-order valence-electron chi connectivity index (χ4n) is 3.86. The Morgan fingerprint density at radius 3 is 2.58 bits per heavy atom. The topological polar surface area (TPSA) is 149 Å². The van der Waals surface area contributed by atoms with E-state index in [1.165, 1.54) is 22.8 Å². The largest absolute Gasteiger partial charge is 0.495 e. The summed E-state index contributed by atoms with van der Waals surface area (Å²) < 4.78 is 8.28. The number of halogens is 3. The van der Waals surface area contributed by atoms with Crippen molar-refractivity contribution in [1.82, 2.24) is 45.0 Å². The van der Waals surface area contributed by atoms with Crippen LogP contribution in [0.4, 0.5) is 0 Å². The van der Waals surface area contributed by atoms with E-state index >= 15 is 0 Å². The number of hydrogen-bond donors (Lipinski definition) is 3. The summed E-state index contributed by atoms with van der Waals surface area (Å²) in [4.78, 5) is 25.1. The first-order valence-electron chi connectivity index (χ1n) is 11.2. The molecular formula is C23H20Cl3N9O3. The Labute approximate surface area is 230 Å². The lowest BCUT2D eigenvalue weighted by Crippen LogP contribution is -2.32. The Hall–Kier alpha value is -3.71. The van der Waals surface area contributed by atoms with Gasteiger partial charge in [0.1, 0.15) is 35.5 Å². The Morgan fingerprint density at radius 1 is 1.18 bits per heavy atom. The minimum absolute atomic E-state index is 0.0361. The van der Waals surface area contributed by atoms with Gasteiger partial charge in [-0.2, -0.15) is 5.10 Å². The molecule has 1 atom stereocenters. The Balaban J connectivity index is 1.44. The van der Waals surface area contributed by atoms with Crippen LogP contribution in [-0.4, -0.2) is 64.4 Å². The Kier molecular flexibility index (Phi) is 7.21. The summed E-state index contributed by atoms with van der Waals surface area (Å²) >= 11 is 19.2. The molecule has 5 aromatic rings. The number of aromatic nitrogens is 8. The molecule has 0 fully saturated rings. The lowest BCUT2D eigenvalue weighted by Gasteiger charge is -2.16. The maximum Gasteiger partial charge on any atom is 0.254 e. The molecule has 196 valence electrons. The van der Waals surface area contributed by atoms with Crippen molar-refractivity contribution >= 4 is 51.7 Å². The Morgan fingerprint density at radius 2 is 1.95 bits per heavy atom. The fourth-order valence-corrected chi connectivity index (χ4v) is 4.74. The van der Waals surface area contributed by atoms with Gasteiger partial charge in [0, 0.05) is 12.6 Å². The van der Waals surface area contributed by atoms with Gasteiger partial charge in [0.25, 0.3) is 5.91 Å². The van der Waals surface area contributed by atoms with Crippen molar-refractivity contribution in [3.05, 3.63) is 74.8 Å². The maximum absolute atomic E-state index is 13.2. The molecule has 0 aliphatic carbocycles. The van der Waals surface area contributed by atoms with Gasteiger partial charge < -0.3 is 20.1 Å². The number of rotatable bonds is 8. The summed E-state index contributed by atoms with van der Waals surface area (Å²) in [5, 5.41) is 25.3. The van der Waals surface area contributed by atoms with Crippen LogP contribution in [0, 0.1) is 6.92 Å². The zero-order valence-electron chi connectivity index (χ0n) is 20.0. The number of nitrogens with one attached hydrogen (secondary N) is 2. The van der Waals surface area contributed by atoms with Crippen molar-refractivity contribution in [3.8, 4) is 11.4 Å². The zero-order valence-corrected chi connectivity index (χ0v) is 22.3. The second-order valence-electron chi connectivity index (χ2n) is 8.22. The fraction of sp³-hybridized carbons (Fsp3) is 0.217. The molecule has 0 saturated heterocycles. The van der Waals surface area contributed by atoms with E-state index < -0.39 is 11.9 Å². The number of carbonyl (C=O) groups excluding carboxylic acids is 1. The summed E-state index contributed by atoms with van der Waals surface area (Å²) in [5.41, 5.74) is 2.28. The van der Waals surface area contributed by atoms with Gasteiger partial charge in [0.15, 0.2) is 0 Å². The number of amides is 1. The van der Waals surface area contributed by atoms with E-state index in [1.54, 1.807) is 37.4 Å². The molecule has 0 saturated carbocycles. The maximum atomic E-state index is 13.2. The summed E-state index contributed by atoms with van der Waals surface area (Å²) in [7, 11) is 1.51. The van der Waals surface area contributed by atoms with Crippen LogP contribution in [0.5, 0.6) is 5.75 Å². The standard InChI is InChI=1S/C23H20Cl3N9O3/c1-11-28-10-35(32-11)13-3-15(25)21(16(26)4-13)23(37)27-7-19(34-8-12(9-36)31-33-34)22-29-17-5-14(24)20(38-2)6-18(17)30-22/h3-6,8,10,19,36H,7,9H2,1-2H3,(H,27,37)(H,29,30). The monoisotopic (exact) mass is 575 g/mol. The number of aliphatic hydroxyl groups is 1. The number of imidazole rings is 1. The summed E-state index contributed by atoms with van der Waals surface area (Å²) in [6.45, 7) is 1.49. The number of carbonyl (C=O) groups is 1. The van der Waals surface area contributed by atoms with E-state index in [2.05, 4.69) is 35.7 Å². The lowest BCUT2D eigenvalue weighted by atomic mass is 10.1. The van der Waals surface area contributed by atoms with E-state index in [-0.39, 0.29) is 28.8 Å². The van der Waals surface area contributed by atoms with Gasteiger partial charge in [-0.3, -0.25) is 4.79 Å². The highest BCUT2D eigenvalue weighted by Crippen LogP contribution is 2.31. The molecule has 2 aromatic carbocycles. The van der Waals surface area contributed by atoms with Crippen LogP contribution < -0.4 is 10.1 Å². The molecule has 5 rings (SSSR count). The van der Waals surface area contributed by atoms with Gasteiger partial charge in [-0.05, 0) is 25.1 Å². The van der Waals surface area contributed by atoms with Crippen LogP contribution in [0.2, 0.25) is 15.1 Å². The predicted molar refractivity (Wildman–Crippen MR) is 140 cm³/mol. The SMILES string of the molecule is COc1cc2nc(C(CNC(=O)c3c(Cl)cc(-n4cnc(C)n4)cc3Cl)n3cc(CO)nn3)[nH]c2cc1Cl. The summed E-state index contributed by atoms with van der Waals surface area (Å²) in [6.07, 6.45) is 3.09. The van der Waals surface area contributed by atoms with E-state index in [0.717, 1.165) is 0 Å².